The molecule has 0 aliphatic carbocycles. The zero-order chi connectivity index (χ0) is 13.2. The maximum absolute atomic E-state index is 11.1. The molecule has 3 aromatic rings. The third kappa shape index (κ3) is 2.28. The average molecular weight is 270 g/mol. The van der Waals surface area contributed by atoms with Crippen molar-refractivity contribution in [3.05, 3.63) is 52.9 Å². The van der Waals surface area contributed by atoms with E-state index < -0.39 is 5.97 Å². The van der Waals surface area contributed by atoms with Crippen LogP contribution in [0.15, 0.2) is 47.2 Å². The Morgan fingerprint density at radius 1 is 1.26 bits per heavy atom. The van der Waals surface area contributed by atoms with Crippen molar-refractivity contribution in [1.82, 2.24) is 4.98 Å². The minimum Gasteiger partial charge on any atom is -0.477 e. The number of aromatic nitrogens is 1. The lowest BCUT2D eigenvalue weighted by Crippen LogP contribution is -2.03. The van der Waals surface area contributed by atoms with E-state index in [1.165, 1.54) is 0 Å². The Kier molecular flexibility index (Phi) is 2.89. The molecular weight excluding hydrogens is 260 g/mol. The lowest BCUT2D eigenvalue weighted by atomic mass is 10.1. The van der Waals surface area contributed by atoms with Crippen LogP contribution in [0, 0.1) is 0 Å². The molecule has 0 fully saturated rings. The third-order valence-electron chi connectivity index (χ3n) is 2.74. The lowest BCUT2D eigenvalue weighted by Gasteiger charge is -2.08. The lowest BCUT2D eigenvalue weighted by molar-refractivity contribution is 0.0691. The highest BCUT2D eigenvalue weighted by molar-refractivity contribution is 7.08. The molecule has 3 rings (SSSR count). The smallest absolute Gasteiger partial charge is 0.354 e. The molecule has 0 saturated carbocycles. The molecule has 0 aliphatic heterocycles. The number of hydrogen-bond donors (Lipinski definition) is 2. The summed E-state index contributed by atoms with van der Waals surface area (Å²) in [6.45, 7) is 0. The number of nitrogens with one attached hydrogen (secondary N) is 1. The van der Waals surface area contributed by atoms with Crippen LogP contribution >= 0.6 is 11.3 Å². The van der Waals surface area contributed by atoms with Gasteiger partial charge in [-0.3, -0.25) is 0 Å². The van der Waals surface area contributed by atoms with Crippen LogP contribution in [-0.2, 0) is 0 Å². The normalized spacial score (nSPS) is 10.5. The van der Waals surface area contributed by atoms with Gasteiger partial charge in [-0.25, -0.2) is 9.78 Å². The molecule has 0 spiro atoms. The second-order valence-corrected chi connectivity index (χ2v) is 4.80. The number of hydrogen-bond acceptors (Lipinski definition) is 4. The highest BCUT2D eigenvalue weighted by Gasteiger charge is 2.10. The van der Waals surface area contributed by atoms with Gasteiger partial charge in [0, 0.05) is 10.8 Å². The van der Waals surface area contributed by atoms with Gasteiger partial charge in [-0.1, -0.05) is 24.3 Å². The molecule has 94 valence electrons. The van der Waals surface area contributed by atoms with E-state index in [9.17, 15) is 4.79 Å². The number of thiophene rings is 1. The van der Waals surface area contributed by atoms with E-state index in [0.717, 1.165) is 16.5 Å². The Morgan fingerprint density at radius 3 is 2.84 bits per heavy atom. The molecule has 0 aliphatic rings. The first-order valence-corrected chi connectivity index (χ1v) is 6.60. The van der Waals surface area contributed by atoms with Gasteiger partial charge in [0.05, 0.1) is 5.69 Å². The van der Waals surface area contributed by atoms with E-state index in [1.807, 2.05) is 41.1 Å². The number of nitrogens with zero attached hydrogens (tertiary/aromatic N) is 1. The molecule has 2 aromatic heterocycles. The van der Waals surface area contributed by atoms with Crippen LogP contribution in [0.3, 0.4) is 0 Å². The van der Waals surface area contributed by atoms with Gasteiger partial charge in [-0.2, -0.15) is 11.3 Å². The second kappa shape index (κ2) is 4.70. The first-order valence-electron chi connectivity index (χ1n) is 5.66. The van der Waals surface area contributed by atoms with Crippen LogP contribution in [0.1, 0.15) is 10.5 Å². The van der Waals surface area contributed by atoms with E-state index in [1.54, 1.807) is 17.4 Å². The van der Waals surface area contributed by atoms with Crippen molar-refractivity contribution in [2.75, 3.05) is 5.32 Å². The molecule has 0 unspecified atom stereocenters. The average Bonchev–Trinajstić information content (AvgIpc) is 2.91. The number of carboxylic acids is 1. The topological polar surface area (TPSA) is 62.2 Å². The van der Waals surface area contributed by atoms with Gasteiger partial charge in [-0.05, 0) is 22.9 Å². The molecule has 0 atom stereocenters. The summed E-state index contributed by atoms with van der Waals surface area (Å²) in [4.78, 5) is 15.3. The SMILES string of the molecule is O=C(O)c1cc2ccccc2c(Nc2ccsc2)n1. The first-order chi connectivity index (χ1) is 9.24. The van der Waals surface area contributed by atoms with Crippen molar-refractivity contribution in [1.29, 1.82) is 0 Å². The Bertz CT molecular complexity index is 738. The predicted octanol–water partition coefficient (Wildman–Crippen LogP) is 3.74. The second-order valence-electron chi connectivity index (χ2n) is 4.02. The van der Waals surface area contributed by atoms with Gasteiger partial charge in [0.2, 0.25) is 0 Å². The zero-order valence-electron chi connectivity index (χ0n) is 9.83. The summed E-state index contributed by atoms with van der Waals surface area (Å²) in [5, 5.41) is 17.9. The van der Waals surface area contributed by atoms with Crippen molar-refractivity contribution in [2.45, 2.75) is 0 Å². The van der Waals surface area contributed by atoms with Gasteiger partial charge in [-0.15, -0.1) is 0 Å². The van der Waals surface area contributed by atoms with Gasteiger partial charge < -0.3 is 10.4 Å². The number of carboxylic acid groups (broad SMARTS) is 1. The molecule has 0 saturated heterocycles. The van der Waals surface area contributed by atoms with Gasteiger partial charge in [0.15, 0.2) is 5.69 Å². The fourth-order valence-electron chi connectivity index (χ4n) is 1.88. The maximum Gasteiger partial charge on any atom is 0.354 e. The van der Waals surface area contributed by atoms with Crippen LogP contribution in [-0.4, -0.2) is 16.1 Å². The van der Waals surface area contributed by atoms with Crippen LogP contribution in [0.2, 0.25) is 0 Å². The van der Waals surface area contributed by atoms with E-state index in [4.69, 9.17) is 5.11 Å². The molecule has 1 aromatic carbocycles. The number of pyridine rings is 1. The summed E-state index contributed by atoms with van der Waals surface area (Å²) in [5.74, 6) is -0.465. The Hall–Kier alpha value is -2.40. The van der Waals surface area contributed by atoms with E-state index in [-0.39, 0.29) is 5.69 Å². The molecule has 5 heteroatoms. The number of anilines is 2. The Balaban J connectivity index is 2.17. The van der Waals surface area contributed by atoms with Crippen molar-refractivity contribution in [2.24, 2.45) is 0 Å². The Labute approximate surface area is 113 Å². The molecule has 0 radical (unpaired) electrons. The largest absolute Gasteiger partial charge is 0.477 e. The van der Waals surface area contributed by atoms with E-state index >= 15 is 0 Å². The van der Waals surface area contributed by atoms with Crippen LogP contribution in [0.25, 0.3) is 10.8 Å². The minimum atomic E-state index is -1.03. The van der Waals surface area contributed by atoms with E-state index in [2.05, 4.69) is 10.3 Å². The summed E-state index contributed by atoms with van der Waals surface area (Å²) in [7, 11) is 0. The zero-order valence-corrected chi connectivity index (χ0v) is 10.6. The maximum atomic E-state index is 11.1. The molecule has 2 N–H and O–H groups in total. The summed E-state index contributed by atoms with van der Waals surface area (Å²) in [5.41, 5.74) is 0.946. The number of carbonyl (C=O) groups is 1. The van der Waals surface area contributed by atoms with Gasteiger partial charge >= 0.3 is 5.97 Å². The van der Waals surface area contributed by atoms with E-state index in [0.29, 0.717) is 5.82 Å². The number of aromatic carboxylic acids is 1. The molecule has 4 nitrogen and oxygen atoms in total. The number of fused-ring (bicyclic) bond motifs is 1. The van der Waals surface area contributed by atoms with Crippen LogP contribution < -0.4 is 5.32 Å². The van der Waals surface area contributed by atoms with Crippen molar-refractivity contribution in [3.63, 3.8) is 0 Å². The summed E-state index contributed by atoms with van der Waals surface area (Å²) >= 11 is 1.57. The third-order valence-corrected chi connectivity index (χ3v) is 3.43. The minimum absolute atomic E-state index is 0.0384. The fourth-order valence-corrected chi connectivity index (χ4v) is 2.46. The standard InChI is InChI=1S/C14H10N2O2S/c17-14(18)12-7-9-3-1-2-4-11(9)13(16-12)15-10-5-6-19-8-10/h1-8H,(H,15,16)(H,17,18). The molecule has 0 amide bonds. The summed E-state index contributed by atoms with van der Waals surface area (Å²) in [6, 6.07) is 11.1. The van der Waals surface area contributed by atoms with Crippen molar-refractivity contribution >= 4 is 39.6 Å². The highest BCUT2D eigenvalue weighted by atomic mass is 32.1. The van der Waals surface area contributed by atoms with Crippen LogP contribution in [0.5, 0.6) is 0 Å². The molecular formula is C14H10N2O2S. The van der Waals surface area contributed by atoms with Crippen molar-refractivity contribution in [3.8, 4) is 0 Å². The number of benzene rings is 1. The number of rotatable bonds is 3. The van der Waals surface area contributed by atoms with Gasteiger partial charge in [0.1, 0.15) is 5.82 Å². The van der Waals surface area contributed by atoms with Crippen LogP contribution in [0.4, 0.5) is 11.5 Å². The quantitative estimate of drug-likeness (QED) is 0.761. The summed E-state index contributed by atoms with van der Waals surface area (Å²) in [6.07, 6.45) is 0. The summed E-state index contributed by atoms with van der Waals surface area (Å²) < 4.78 is 0. The predicted molar refractivity (Wildman–Crippen MR) is 76.3 cm³/mol. The fraction of sp³-hybridized carbons (Fsp3) is 0. The highest BCUT2D eigenvalue weighted by Crippen LogP contribution is 2.26. The van der Waals surface area contributed by atoms with Crippen molar-refractivity contribution < 1.29 is 9.90 Å². The monoisotopic (exact) mass is 270 g/mol. The molecule has 19 heavy (non-hydrogen) atoms. The van der Waals surface area contributed by atoms with Gasteiger partial charge in [0.25, 0.3) is 0 Å². The molecule has 0 bridgehead atoms. The molecule has 2 heterocycles. The first kappa shape index (κ1) is 11.7. The Morgan fingerprint density at radius 2 is 2.11 bits per heavy atom.